The quantitative estimate of drug-likeness (QED) is 0.714. The lowest BCUT2D eigenvalue weighted by molar-refractivity contribution is -0.126. The monoisotopic (exact) mass is 358 g/mol. The highest BCUT2D eigenvalue weighted by Gasteiger charge is 2.51. The van der Waals surface area contributed by atoms with Crippen LogP contribution in [-0.4, -0.2) is 5.78 Å². The molecular formula is C25H26O2. The summed E-state index contributed by atoms with van der Waals surface area (Å²) in [7, 11) is 0. The molecule has 0 amide bonds. The Labute approximate surface area is 161 Å². The van der Waals surface area contributed by atoms with Crippen LogP contribution in [0.5, 0.6) is 5.75 Å². The smallest absolute Gasteiger partial charge is 0.139 e. The van der Waals surface area contributed by atoms with Crippen molar-refractivity contribution < 1.29 is 9.53 Å². The van der Waals surface area contributed by atoms with Crippen molar-refractivity contribution in [3.63, 3.8) is 0 Å². The minimum absolute atomic E-state index is 0.107. The number of ketones is 1. The summed E-state index contributed by atoms with van der Waals surface area (Å²) in [5.41, 5.74) is 5.36. The third kappa shape index (κ3) is 2.74. The van der Waals surface area contributed by atoms with Gasteiger partial charge in [-0.05, 0) is 71.9 Å². The number of hydrogen-bond acceptors (Lipinski definition) is 2. The van der Waals surface area contributed by atoms with Crippen molar-refractivity contribution in [1.82, 2.24) is 0 Å². The van der Waals surface area contributed by atoms with Gasteiger partial charge in [-0.2, -0.15) is 0 Å². The van der Waals surface area contributed by atoms with Crippen molar-refractivity contribution in [3.05, 3.63) is 71.3 Å². The number of rotatable bonds is 3. The van der Waals surface area contributed by atoms with Crippen LogP contribution in [0.15, 0.2) is 54.6 Å². The standard InChI is InChI=1S/C25H26O2/c1-25-14-13-21-20-10-8-19(27-16-17-5-3-2-4-6-17)15-18(20)7-9-22(21)23(25)11-12-24(25)26/h2-6,8,10,13,15,22-23H,7,9,11-12,14,16H2,1H3/t22-,23+,25+/m1/s1. The predicted molar refractivity (Wildman–Crippen MR) is 107 cm³/mol. The van der Waals surface area contributed by atoms with Gasteiger partial charge in [0, 0.05) is 11.8 Å². The van der Waals surface area contributed by atoms with Gasteiger partial charge in [-0.3, -0.25) is 4.79 Å². The van der Waals surface area contributed by atoms with E-state index in [0.717, 1.165) is 37.9 Å². The molecule has 0 spiro atoms. The highest BCUT2D eigenvalue weighted by molar-refractivity contribution is 5.89. The van der Waals surface area contributed by atoms with Crippen molar-refractivity contribution in [2.75, 3.05) is 0 Å². The van der Waals surface area contributed by atoms with Crippen molar-refractivity contribution in [2.45, 2.75) is 45.6 Å². The molecule has 2 aromatic rings. The molecule has 3 aliphatic rings. The van der Waals surface area contributed by atoms with Crippen LogP contribution in [0.2, 0.25) is 0 Å². The second kappa shape index (κ2) is 6.37. The number of Topliss-reactive ketones (excluding diaryl/α,β-unsaturated/α-hetero) is 1. The second-order valence-corrected chi connectivity index (χ2v) is 8.59. The number of aryl methyl sites for hydroxylation is 1. The number of benzene rings is 2. The lowest BCUT2D eigenvalue weighted by Crippen LogP contribution is -2.38. The van der Waals surface area contributed by atoms with Gasteiger partial charge in [0.2, 0.25) is 0 Å². The lowest BCUT2D eigenvalue weighted by atomic mass is 9.60. The van der Waals surface area contributed by atoms with Gasteiger partial charge >= 0.3 is 0 Å². The van der Waals surface area contributed by atoms with Gasteiger partial charge in [0.05, 0.1) is 0 Å². The van der Waals surface area contributed by atoms with Crippen LogP contribution >= 0.6 is 0 Å². The number of allylic oxidation sites excluding steroid dienone is 2. The van der Waals surface area contributed by atoms with E-state index in [0.29, 0.717) is 24.2 Å². The Hall–Kier alpha value is -2.35. The molecule has 27 heavy (non-hydrogen) atoms. The zero-order valence-electron chi connectivity index (χ0n) is 15.9. The summed E-state index contributed by atoms with van der Waals surface area (Å²) >= 11 is 0. The van der Waals surface area contributed by atoms with E-state index < -0.39 is 0 Å². The third-order valence-corrected chi connectivity index (χ3v) is 7.13. The SMILES string of the molecule is C[C@]12CC=C3c4ccc(OCc5ccccc5)cc4CC[C@H]3[C@@H]1CCC2=O. The van der Waals surface area contributed by atoms with Crippen LogP contribution in [0.4, 0.5) is 0 Å². The number of hydrogen-bond donors (Lipinski definition) is 0. The van der Waals surface area contributed by atoms with E-state index in [9.17, 15) is 4.79 Å². The fourth-order valence-electron chi connectivity index (χ4n) is 5.56. The van der Waals surface area contributed by atoms with E-state index in [1.165, 1.54) is 22.3 Å². The summed E-state index contributed by atoms with van der Waals surface area (Å²) < 4.78 is 6.03. The number of ether oxygens (including phenoxy) is 1. The summed E-state index contributed by atoms with van der Waals surface area (Å²) in [4.78, 5) is 12.4. The lowest BCUT2D eigenvalue weighted by Gasteiger charge is -2.43. The number of carbonyl (C=O) groups is 1. The molecule has 2 nitrogen and oxygen atoms in total. The molecule has 1 fully saturated rings. The Morgan fingerprint density at radius 3 is 2.78 bits per heavy atom. The summed E-state index contributed by atoms with van der Waals surface area (Å²) in [5, 5.41) is 0. The first-order valence-corrected chi connectivity index (χ1v) is 10.2. The van der Waals surface area contributed by atoms with Crippen molar-refractivity contribution in [3.8, 4) is 5.75 Å². The van der Waals surface area contributed by atoms with E-state index in [-0.39, 0.29) is 5.41 Å². The van der Waals surface area contributed by atoms with E-state index in [4.69, 9.17) is 4.74 Å². The Bertz CT molecular complexity index is 911. The largest absolute Gasteiger partial charge is 0.489 e. The zero-order valence-corrected chi connectivity index (χ0v) is 15.9. The molecule has 5 rings (SSSR count). The Balaban J connectivity index is 1.39. The first-order chi connectivity index (χ1) is 13.1. The maximum atomic E-state index is 12.4. The molecule has 0 heterocycles. The maximum Gasteiger partial charge on any atom is 0.139 e. The van der Waals surface area contributed by atoms with Crippen molar-refractivity contribution >= 4 is 11.4 Å². The molecule has 2 aromatic carbocycles. The van der Waals surface area contributed by atoms with Crippen LogP contribution in [0.25, 0.3) is 5.57 Å². The van der Waals surface area contributed by atoms with Gasteiger partial charge in [-0.15, -0.1) is 0 Å². The van der Waals surface area contributed by atoms with Crippen LogP contribution < -0.4 is 4.74 Å². The zero-order chi connectivity index (χ0) is 18.4. The van der Waals surface area contributed by atoms with Crippen molar-refractivity contribution in [2.24, 2.45) is 17.3 Å². The maximum absolute atomic E-state index is 12.4. The molecule has 3 atom stereocenters. The predicted octanol–water partition coefficient (Wildman–Crippen LogP) is 5.60. The normalized spacial score (nSPS) is 28.8. The van der Waals surface area contributed by atoms with Gasteiger partial charge < -0.3 is 4.74 Å². The molecule has 0 unspecified atom stereocenters. The highest BCUT2D eigenvalue weighted by atomic mass is 16.5. The summed E-state index contributed by atoms with van der Waals surface area (Å²) in [6.45, 7) is 2.81. The summed E-state index contributed by atoms with van der Waals surface area (Å²) in [5.74, 6) is 2.53. The van der Waals surface area contributed by atoms with Gasteiger partial charge in [-0.25, -0.2) is 0 Å². The fraction of sp³-hybridized carbons (Fsp3) is 0.400. The second-order valence-electron chi connectivity index (χ2n) is 8.59. The molecule has 138 valence electrons. The van der Waals surface area contributed by atoms with E-state index in [2.05, 4.69) is 43.3 Å². The molecular weight excluding hydrogens is 332 g/mol. The van der Waals surface area contributed by atoms with Gasteiger partial charge in [-0.1, -0.05) is 49.4 Å². The minimum Gasteiger partial charge on any atom is -0.489 e. The Kier molecular flexibility index (Phi) is 3.96. The van der Waals surface area contributed by atoms with E-state index >= 15 is 0 Å². The molecule has 0 aromatic heterocycles. The molecule has 0 N–H and O–H groups in total. The number of carbonyl (C=O) groups excluding carboxylic acids is 1. The summed E-state index contributed by atoms with van der Waals surface area (Å²) in [6.07, 6.45) is 7.37. The molecule has 2 heteroatoms. The average molecular weight is 358 g/mol. The Morgan fingerprint density at radius 1 is 1.07 bits per heavy atom. The molecule has 0 saturated heterocycles. The summed E-state index contributed by atoms with van der Waals surface area (Å²) in [6, 6.07) is 16.9. The highest BCUT2D eigenvalue weighted by Crippen LogP contribution is 2.57. The van der Waals surface area contributed by atoms with E-state index in [1.54, 1.807) is 0 Å². The molecule has 3 aliphatic carbocycles. The third-order valence-electron chi connectivity index (χ3n) is 7.13. The minimum atomic E-state index is -0.107. The van der Waals surface area contributed by atoms with Crippen LogP contribution in [0, 0.1) is 17.3 Å². The molecule has 0 radical (unpaired) electrons. The number of fused-ring (bicyclic) bond motifs is 5. The van der Waals surface area contributed by atoms with Gasteiger partial charge in [0.1, 0.15) is 18.1 Å². The molecule has 0 bridgehead atoms. The van der Waals surface area contributed by atoms with Crippen molar-refractivity contribution in [1.29, 1.82) is 0 Å². The van der Waals surface area contributed by atoms with Crippen LogP contribution in [0.1, 0.15) is 49.3 Å². The van der Waals surface area contributed by atoms with E-state index in [1.807, 2.05) is 18.2 Å². The topological polar surface area (TPSA) is 26.3 Å². The van der Waals surface area contributed by atoms with Crippen LogP contribution in [-0.2, 0) is 17.8 Å². The molecule has 0 aliphatic heterocycles. The van der Waals surface area contributed by atoms with Gasteiger partial charge in [0.15, 0.2) is 0 Å². The first kappa shape index (κ1) is 16.8. The first-order valence-electron chi connectivity index (χ1n) is 10.2. The average Bonchev–Trinajstić information content (AvgIpc) is 3.01. The fourth-order valence-corrected chi connectivity index (χ4v) is 5.56. The Morgan fingerprint density at radius 2 is 1.93 bits per heavy atom. The van der Waals surface area contributed by atoms with Gasteiger partial charge in [0.25, 0.3) is 0 Å². The van der Waals surface area contributed by atoms with Crippen LogP contribution in [0.3, 0.4) is 0 Å². The molecule has 1 saturated carbocycles.